The molecule has 0 aliphatic heterocycles. The van der Waals surface area contributed by atoms with E-state index in [0.717, 1.165) is 5.56 Å². The Morgan fingerprint density at radius 3 is 2.43 bits per heavy atom. The molecule has 5 heteroatoms. The molecule has 0 radical (unpaired) electrons. The van der Waals surface area contributed by atoms with Crippen molar-refractivity contribution >= 4 is 11.4 Å². The van der Waals surface area contributed by atoms with Crippen LogP contribution in [0.4, 0.5) is 11.4 Å². The first-order valence-electron chi connectivity index (χ1n) is 6.60. The zero-order valence-electron chi connectivity index (χ0n) is 12.3. The van der Waals surface area contributed by atoms with E-state index in [1.54, 1.807) is 6.07 Å². The number of hydrogen-bond acceptors (Lipinski definition) is 4. The first-order valence-corrected chi connectivity index (χ1v) is 6.60. The van der Waals surface area contributed by atoms with E-state index in [-0.39, 0.29) is 11.1 Å². The van der Waals surface area contributed by atoms with Crippen LogP contribution < -0.4 is 10.5 Å². The molecule has 0 aromatic heterocycles. The molecule has 0 amide bonds. The fourth-order valence-corrected chi connectivity index (χ4v) is 2.07. The van der Waals surface area contributed by atoms with Crippen molar-refractivity contribution in [3.05, 3.63) is 58.1 Å². The van der Waals surface area contributed by atoms with Crippen molar-refractivity contribution in [2.24, 2.45) is 0 Å². The van der Waals surface area contributed by atoms with E-state index < -0.39 is 4.92 Å². The second-order valence-corrected chi connectivity index (χ2v) is 5.87. The lowest BCUT2D eigenvalue weighted by atomic mass is 9.86. The lowest BCUT2D eigenvalue weighted by molar-refractivity contribution is -0.384. The van der Waals surface area contributed by atoms with Crippen LogP contribution >= 0.6 is 0 Å². The van der Waals surface area contributed by atoms with Gasteiger partial charge in [0, 0.05) is 23.4 Å². The van der Waals surface area contributed by atoms with Gasteiger partial charge < -0.3 is 10.5 Å². The third-order valence-electron chi connectivity index (χ3n) is 3.05. The minimum absolute atomic E-state index is 0.0850. The monoisotopic (exact) mass is 286 g/mol. The normalized spacial score (nSPS) is 11.2. The molecule has 0 spiro atoms. The molecular weight excluding hydrogens is 268 g/mol. The van der Waals surface area contributed by atoms with Gasteiger partial charge in [-0.15, -0.1) is 0 Å². The number of nitrogen functional groups attached to an aromatic ring is 1. The first kappa shape index (κ1) is 14.8. The zero-order chi connectivity index (χ0) is 15.6. The van der Waals surface area contributed by atoms with Crippen LogP contribution in [0.5, 0.6) is 11.5 Å². The number of nitrogens with two attached hydrogens (primary N) is 1. The summed E-state index contributed by atoms with van der Waals surface area (Å²) in [4.78, 5) is 10.4. The fourth-order valence-electron chi connectivity index (χ4n) is 2.07. The molecule has 0 aliphatic rings. The van der Waals surface area contributed by atoms with Crippen LogP contribution in [0.2, 0.25) is 0 Å². The number of ether oxygens (including phenoxy) is 1. The summed E-state index contributed by atoms with van der Waals surface area (Å²) in [6.45, 7) is 6.24. The zero-order valence-corrected chi connectivity index (χ0v) is 12.3. The summed E-state index contributed by atoms with van der Waals surface area (Å²) in [6.07, 6.45) is 0. The second-order valence-electron chi connectivity index (χ2n) is 5.87. The molecule has 2 aromatic carbocycles. The van der Waals surface area contributed by atoms with E-state index in [9.17, 15) is 10.1 Å². The maximum absolute atomic E-state index is 10.9. The van der Waals surface area contributed by atoms with Crippen LogP contribution in [-0.2, 0) is 5.41 Å². The Balaban J connectivity index is 2.42. The van der Waals surface area contributed by atoms with Crippen LogP contribution in [0, 0.1) is 10.1 Å². The minimum atomic E-state index is -0.487. The van der Waals surface area contributed by atoms with E-state index in [1.165, 1.54) is 12.1 Å². The van der Waals surface area contributed by atoms with E-state index >= 15 is 0 Å². The van der Waals surface area contributed by atoms with Crippen molar-refractivity contribution in [3.8, 4) is 11.5 Å². The Morgan fingerprint density at radius 1 is 1.14 bits per heavy atom. The number of benzene rings is 2. The fraction of sp³-hybridized carbons (Fsp3) is 0.250. The van der Waals surface area contributed by atoms with Gasteiger partial charge in [-0.25, -0.2) is 0 Å². The van der Waals surface area contributed by atoms with Crippen LogP contribution in [-0.4, -0.2) is 4.92 Å². The van der Waals surface area contributed by atoms with E-state index in [2.05, 4.69) is 20.8 Å². The predicted octanol–water partition coefficient (Wildman–Crippen LogP) is 4.27. The Kier molecular flexibility index (Phi) is 3.84. The number of nitro benzene ring substituents is 1. The molecule has 0 saturated heterocycles. The van der Waals surface area contributed by atoms with Gasteiger partial charge in [0.05, 0.1) is 11.0 Å². The number of anilines is 1. The van der Waals surface area contributed by atoms with Gasteiger partial charge in [0.25, 0.3) is 5.69 Å². The highest BCUT2D eigenvalue weighted by molar-refractivity contribution is 5.54. The SMILES string of the molecule is CC(C)(C)c1ccccc1Oc1cc(N)cc([N+](=O)[O-])c1. The van der Waals surface area contributed by atoms with Crippen LogP contribution in [0.3, 0.4) is 0 Å². The standard InChI is InChI=1S/C16H18N2O3/c1-16(2,3)14-6-4-5-7-15(14)21-13-9-11(17)8-12(10-13)18(19)20/h4-10H,17H2,1-3H3. The van der Waals surface area contributed by atoms with Gasteiger partial charge in [-0.2, -0.15) is 0 Å². The van der Waals surface area contributed by atoms with Crippen LogP contribution in [0.15, 0.2) is 42.5 Å². The third kappa shape index (κ3) is 3.51. The lowest BCUT2D eigenvalue weighted by Crippen LogP contribution is -2.12. The van der Waals surface area contributed by atoms with Gasteiger partial charge in [0.15, 0.2) is 0 Å². The number of para-hydroxylation sites is 1. The van der Waals surface area contributed by atoms with Crippen LogP contribution in [0.25, 0.3) is 0 Å². The van der Waals surface area contributed by atoms with Crippen molar-refractivity contribution < 1.29 is 9.66 Å². The summed E-state index contributed by atoms with van der Waals surface area (Å²) < 4.78 is 5.82. The second kappa shape index (κ2) is 5.44. The quantitative estimate of drug-likeness (QED) is 0.519. The van der Waals surface area contributed by atoms with Crippen molar-refractivity contribution in [2.75, 3.05) is 5.73 Å². The molecule has 5 nitrogen and oxygen atoms in total. The van der Waals surface area contributed by atoms with E-state index in [1.807, 2.05) is 24.3 Å². The molecule has 0 aliphatic carbocycles. The van der Waals surface area contributed by atoms with Gasteiger partial charge in [-0.1, -0.05) is 39.0 Å². The summed E-state index contributed by atoms with van der Waals surface area (Å²) in [5.74, 6) is 1.03. The maximum Gasteiger partial charge on any atom is 0.275 e. The third-order valence-corrected chi connectivity index (χ3v) is 3.05. The van der Waals surface area contributed by atoms with E-state index in [4.69, 9.17) is 10.5 Å². The van der Waals surface area contributed by atoms with Gasteiger partial charge in [-0.05, 0) is 11.5 Å². The number of nitrogens with zero attached hydrogens (tertiary/aromatic N) is 1. The van der Waals surface area contributed by atoms with Gasteiger partial charge in [0.1, 0.15) is 11.5 Å². The highest BCUT2D eigenvalue weighted by Crippen LogP contribution is 2.35. The predicted molar refractivity (Wildman–Crippen MR) is 82.7 cm³/mol. The summed E-state index contributed by atoms with van der Waals surface area (Å²) in [5, 5.41) is 10.9. The van der Waals surface area contributed by atoms with Gasteiger partial charge in [0.2, 0.25) is 0 Å². The highest BCUT2D eigenvalue weighted by atomic mass is 16.6. The molecule has 0 unspecified atom stereocenters. The van der Waals surface area contributed by atoms with Gasteiger partial charge >= 0.3 is 0 Å². The van der Waals surface area contributed by atoms with Crippen molar-refractivity contribution in [1.29, 1.82) is 0 Å². The van der Waals surface area contributed by atoms with Crippen molar-refractivity contribution in [3.63, 3.8) is 0 Å². The molecule has 21 heavy (non-hydrogen) atoms. The first-order chi connectivity index (χ1) is 9.77. The minimum Gasteiger partial charge on any atom is -0.457 e. The smallest absolute Gasteiger partial charge is 0.275 e. The average molecular weight is 286 g/mol. The Morgan fingerprint density at radius 2 is 1.81 bits per heavy atom. The molecule has 2 rings (SSSR count). The average Bonchev–Trinajstić information content (AvgIpc) is 2.37. The Bertz CT molecular complexity index is 675. The molecule has 0 saturated carbocycles. The molecule has 110 valence electrons. The Labute approximate surface area is 123 Å². The maximum atomic E-state index is 10.9. The number of nitro groups is 1. The number of non-ortho nitro benzene ring substituents is 1. The molecule has 0 heterocycles. The summed E-state index contributed by atoms with van der Waals surface area (Å²) in [6, 6.07) is 11.9. The van der Waals surface area contributed by atoms with Crippen molar-refractivity contribution in [1.82, 2.24) is 0 Å². The summed E-state index contributed by atoms with van der Waals surface area (Å²) >= 11 is 0. The number of hydrogen-bond donors (Lipinski definition) is 1. The van der Waals surface area contributed by atoms with E-state index in [0.29, 0.717) is 17.2 Å². The number of rotatable bonds is 3. The van der Waals surface area contributed by atoms with Crippen molar-refractivity contribution in [2.45, 2.75) is 26.2 Å². The molecule has 0 bridgehead atoms. The molecule has 2 aromatic rings. The molecular formula is C16H18N2O3. The Hall–Kier alpha value is -2.56. The summed E-state index contributed by atoms with van der Waals surface area (Å²) in [5.41, 5.74) is 6.83. The highest BCUT2D eigenvalue weighted by Gasteiger charge is 2.19. The molecule has 2 N–H and O–H groups in total. The summed E-state index contributed by atoms with van der Waals surface area (Å²) in [7, 11) is 0. The van der Waals surface area contributed by atoms with Gasteiger partial charge in [-0.3, -0.25) is 10.1 Å². The largest absolute Gasteiger partial charge is 0.457 e. The molecule has 0 fully saturated rings. The van der Waals surface area contributed by atoms with Crippen LogP contribution in [0.1, 0.15) is 26.3 Å². The topological polar surface area (TPSA) is 78.4 Å². The molecule has 0 atom stereocenters. The lowest BCUT2D eigenvalue weighted by Gasteiger charge is -2.22.